The molecule has 0 amide bonds. The summed E-state index contributed by atoms with van der Waals surface area (Å²) >= 11 is 0. The van der Waals surface area contributed by atoms with Crippen LogP contribution in [0.5, 0.6) is 0 Å². The minimum atomic E-state index is -4.96. The van der Waals surface area contributed by atoms with Crippen LogP contribution in [0.4, 0.5) is 0 Å². The molecular formula is C82H160O17P2. The molecule has 6 atom stereocenters. The number of hydrogen-bond acceptors (Lipinski definition) is 15. The molecule has 600 valence electrons. The van der Waals surface area contributed by atoms with Gasteiger partial charge in [-0.05, 0) is 31.6 Å². The number of hydrogen-bond donors (Lipinski definition) is 3. The van der Waals surface area contributed by atoms with E-state index in [2.05, 4.69) is 34.6 Å². The summed E-state index contributed by atoms with van der Waals surface area (Å²) in [5, 5.41) is 10.6. The zero-order valence-electron chi connectivity index (χ0n) is 66.1. The minimum Gasteiger partial charge on any atom is -0.462 e. The van der Waals surface area contributed by atoms with Gasteiger partial charge in [-0.1, -0.05) is 388 Å². The van der Waals surface area contributed by atoms with Crippen molar-refractivity contribution in [2.45, 2.75) is 457 Å². The summed E-state index contributed by atoms with van der Waals surface area (Å²) in [4.78, 5) is 73.0. The monoisotopic (exact) mass is 1480 g/mol. The Balaban J connectivity index is 5.21. The number of phosphoric ester groups is 2. The highest BCUT2D eigenvalue weighted by Gasteiger charge is 2.30. The van der Waals surface area contributed by atoms with Crippen molar-refractivity contribution >= 4 is 39.5 Å². The molecule has 0 rings (SSSR count). The first-order valence-corrected chi connectivity index (χ1v) is 45.7. The van der Waals surface area contributed by atoms with E-state index in [0.29, 0.717) is 25.7 Å². The average molecular weight is 1480 g/mol. The summed E-state index contributed by atoms with van der Waals surface area (Å²) in [7, 11) is -9.92. The van der Waals surface area contributed by atoms with Crippen LogP contribution in [0.25, 0.3) is 0 Å². The van der Waals surface area contributed by atoms with Gasteiger partial charge in [0.15, 0.2) is 12.2 Å². The van der Waals surface area contributed by atoms with Crippen LogP contribution in [0.15, 0.2) is 0 Å². The highest BCUT2D eigenvalue weighted by atomic mass is 31.2. The van der Waals surface area contributed by atoms with Gasteiger partial charge in [0.2, 0.25) is 0 Å². The van der Waals surface area contributed by atoms with E-state index in [9.17, 15) is 43.2 Å². The Morgan fingerprint density at radius 3 is 0.703 bits per heavy atom. The number of carbonyl (C=O) groups is 4. The fraction of sp³-hybridized carbons (Fsp3) is 0.951. The van der Waals surface area contributed by atoms with Crippen molar-refractivity contribution in [2.24, 2.45) is 5.92 Å². The van der Waals surface area contributed by atoms with E-state index < -0.39 is 97.5 Å². The van der Waals surface area contributed by atoms with Crippen LogP contribution in [0.3, 0.4) is 0 Å². The van der Waals surface area contributed by atoms with Crippen LogP contribution in [-0.4, -0.2) is 96.7 Å². The van der Waals surface area contributed by atoms with E-state index in [1.807, 2.05) is 0 Å². The SMILES string of the molecule is CCCCCCCCCCCCCCCCCCCCCCC(=O)O[C@H](COC(=O)CCCCCCCCCCCCCCCCCCCCC)COP(=O)(O)OC[C@@H](O)COP(=O)(O)OC[C@@H](COC(=O)CCCCCCCCCCCC)OC(=O)CCCCCCCCCCC(C)CC. The smallest absolute Gasteiger partial charge is 0.462 e. The lowest BCUT2D eigenvalue weighted by Crippen LogP contribution is -2.30. The fourth-order valence-electron chi connectivity index (χ4n) is 12.7. The summed E-state index contributed by atoms with van der Waals surface area (Å²) in [6.45, 7) is 7.32. The largest absolute Gasteiger partial charge is 0.472 e. The maximum atomic E-state index is 13.1. The predicted octanol–water partition coefficient (Wildman–Crippen LogP) is 24.8. The van der Waals surface area contributed by atoms with E-state index in [4.69, 9.17) is 37.0 Å². The van der Waals surface area contributed by atoms with Gasteiger partial charge in [0, 0.05) is 25.7 Å². The Morgan fingerprint density at radius 1 is 0.277 bits per heavy atom. The lowest BCUT2D eigenvalue weighted by molar-refractivity contribution is -0.161. The number of esters is 4. The van der Waals surface area contributed by atoms with Gasteiger partial charge in [-0.3, -0.25) is 37.3 Å². The number of phosphoric acid groups is 2. The highest BCUT2D eigenvalue weighted by molar-refractivity contribution is 7.47. The number of carbonyl (C=O) groups excluding carboxylic acids is 4. The summed E-state index contributed by atoms with van der Waals surface area (Å²) in [5.74, 6) is -1.34. The van der Waals surface area contributed by atoms with Gasteiger partial charge in [-0.25, -0.2) is 9.13 Å². The van der Waals surface area contributed by atoms with Gasteiger partial charge in [0.1, 0.15) is 19.3 Å². The number of aliphatic hydroxyl groups is 1. The van der Waals surface area contributed by atoms with Crippen LogP contribution >= 0.6 is 15.6 Å². The van der Waals surface area contributed by atoms with Crippen molar-refractivity contribution < 1.29 is 80.2 Å². The van der Waals surface area contributed by atoms with Crippen LogP contribution < -0.4 is 0 Å². The molecular weight excluding hydrogens is 1320 g/mol. The second kappa shape index (κ2) is 74.9. The molecule has 0 aliphatic rings. The molecule has 0 aromatic carbocycles. The molecule has 0 radical (unpaired) electrons. The standard InChI is InChI=1S/C82H160O17P2/c1-6-10-13-16-19-22-25-27-29-31-33-35-37-39-41-43-46-52-57-62-67-81(86)98-77(71-93-80(85)66-61-56-51-45-42-40-38-36-34-32-30-28-26-23-20-17-14-11-7-2)73-96-100(88,89)94-69-76(83)70-95-101(90,91)97-74-78(72-92-79(84)65-60-55-50-44-24-21-18-15-12-8-3)99-82(87)68-63-58-53-48-47-49-54-59-64-75(5)9-4/h75-78,83H,6-74H2,1-5H3,(H,88,89)(H,90,91)/t75?,76-,77-,78-/m1/s1. The zero-order chi connectivity index (χ0) is 74.1. The lowest BCUT2D eigenvalue weighted by atomic mass is 9.99. The minimum absolute atomic E-state index is 0.106. The molecule has 0 aromatic rings. The van der Waals surface area contributed by atoms with Crippen LogP contribution in [0.1, 0.15) is 439 Å². The molecule has 19 heteroatoms. The quantitative estimate of drug-likeness (QED) is 0.0222. The first-order chi connectivity index (χ1) is 49.1. The van der Waals surface area contributed by atoms with Gasteiger partial charge in [0.05, 0.1) is 26.4 Å². The number of ether oxygens (including phenoxy) is 4. The third-order valence-electron chi connectivity index (χ3n) is 19.6. The predicted molar refractivity (Wildman–Crippen MR) is 414 cm³/mol. The van der Waals surface area contributed by atoms with Crippen LogP contribution in [0.2, 0.25) is 0 Å². The Morgan fingerprint density at radius 2 is 0.475 bits per heavy atom. The molecule has 101 heavy (non-hydrogen) atoms. The van der Waals surface area contributed by atoms with Crippen molar-refractivity contribution in [3.05, 3.63) is 0 Å². The topological polar surface area (TPSA) is 237 Å². The molecule has 0 aliphatic carbocycles. The Bertz CT molecular complexity index is 1930. The third-order valence-corrected chi connectivity index (χ3v) is 21.5. The van der Waals surface area contributed by atoms with E-state index in [1.165, 1.54) is 263 Å². The van der Waals surface area contributed by atoms with Gasteiger partial charge in [-0.2, -0.15) is 0 Å². The Kier molecular flexibility index (Phi) is 73.5. The van der Waals surface area contributed by atoms with Crippen LogP contribution in [-0.2, 0) is 65.4 Å². The second-order valence-corrected chi connectivity index (χ2v) is 32.7. The molecule has 0 fully saturated rings. The van der Waals surface area contributed by atoms with E-state index in [-0.39, 0.29) is 25.7 Å². The zero-order valence-corrected chi connectivity index (χ0v) is 67.8. The van der Waals surface area contributed by atoms with Gasteiger partial charge in [-0.15, -0.1) is 0 Å². The summed E-state index contributed by atoms with van der Waals surface area (Å²) in [6, 6.07) is 0. The summed E-state index contributed by atoms with van der Waals surface area (Å²) in [6.07, 6.45) is 66.7. The van der Waals surface area contributed by atoms with Crippen molar-refractivity contribution in [1.82, 2.24) is 0 Å². The lowest BCUT2D eigenvalue weighted by Gasteiger charge is -2.21. The first kappa shape index (κ1) is 99.1. The molecule has 0 saturated carbocycles. The summed E-state index contributed by atoms with van der Waals surface area (Å²) < 4.78 is 68.7. The second-order valence-electron chi connectivity index (χ2n) is 29.8. The number of aliphatic hydroxyl groups excluding tert-OH is 1. The van der Waals surface area contributed by atoms with E-state index in [0.717, 1.165) is 95.8 Å². The molecule has 17 nitrogen and oxygen atoms in total. The van der Waals surface area contributed by atoms with Crippen molar-refractivity contribution in [2.75, 3.05) is 39.6 Å². The normalized spacial score (nSPS) is 14.1. The Labute approximate surface area is 619 Å². The molecule has 3 unspecified atom stereocenters. The first-order valence-electron chi connectivity index (χ1n) is 42.7. The van der Waals surface area contributed by atoms with E-state index >= 15 is 0 Å². The van der Waals surface area contributed by atoms with Crippen LogP contribution in [0, 0.1) is 5.92 Å². The van der Waals surface area contributed by atoms with Gasteiger partial charge in [0.25, 0.3) is 0 Å². The molecule has 0 aromatic heterocycles. The molecule has 0 heterocycles. The molecule has 0 saturated heterocycles. The maximum Gasteiger partial charge on any atom is 0.472 e. The van der Waals surface area contributed by atoms with E-state index in [1.54, 1.807) is 0 Å². The van der Waals surface area contributed by atoms with Crippen molar-refractivity contribution in [3.63, 3.8) is 0 Å². The maximum absolute atomic E-state index is 13.1. The molecule has 3 N–H and O–H groups in total. The third kappa shape index (κ3) is 74.7. The summed E-state index contributed by atoms with van der Waals surface area (Å²) in [5.41, 5.74) is 0. The average Bonchev–Trinajstić information content (AvgIpc) is 0.953. The highest BCUT2D eigenvalue weighted by Crippen LogP contribution is 2.45. The van der Waals surface area contributed by atoms with Crippen molar-refractivity contribution in [1.29, 1.82) is 0 Å². The molecule has 0 bridgehead atoms. The number of rotatable bonds is 82. The molecule has 0 spiro atoms. The van der Waals surface area contributed by atoms with Gasteiger partial charge < -0.3 is 33.8 Å². The van der Waals surface area contributed by atoms with Crippen molar-refractivity contribution in [3.8, 4) is 0 Å². The Hall–Kier alpha value is -1.94. The fourth-order valence-corrected chi connectivity index (χ4v) is 14.3. The van der Waals surface area contributed by atoms with Gasteiger partial charge >= 0.3 is 39.5 Å². The number of unbranched alkanes of at least 4 members (excludes halogenated alkanes) is 53. The molecule has 0 aliphatic heterocycles.